The van der Waals surface area contributed by atoms with Crippen LogP contribution in [0.1, 0.15) is 0 Å². The lowest BCUT2D eigenvalue weighted by Crippen LogP contribution is -2.07. The van der Waals surface area contributed by atoms with Crippen molar-refractivity contribution in [1.29, 1.82) is 0 Å². The Morgan fingerprint density at radius 2 is 1.81 bits per heavy atom. The van der Waals surface area contributed by atoms with Gasteiger partial charge in [0, 0.05) is 28.6 Å². The summed E-state index contributed by atoms with van der Waals surface area (Å²) in [6, 6.07) is 12.9. The molecule has 0 spiro atoms. The van der Waals surface area contributed by atoms with Crippen molar-refractivity contribution in [3.05, 3.63) is 69.0 Å². The van der Waals surface area contributed by atoms with Crippen LogP contribution in [0.2, 0.25) is 0 Å². The minimum atomic E-state index is -0.629. The molecule has 0 aliphatic carbocycles. The molecule has 0 amide bonds. The van der Waals surface area contributed by atoms with E-state index in [-0.39, 0.29) is 11.3 Å². The highest BCUT2D eigenvalue weighted by Gasteiger charge is 2.16. The van der Waals surface area contributed by atoms with Crippen molar-refractivity contribution in [2.45, 2.75) is 0 Å². The highest BCUT2D eigenvalue weighted by molar-refractivity contribution is 5.98. The minimum absolute atomic E-state index is 0.105. The maximum atomic E-state index is 11.8. The average molecular weight is 282 g/mol. The van der Waals surface area contributed by atoms with Gasteiger partial charge in [0.1, 0.15) is 0 Å². The second-order valence-electron chi connectivity index (χ2n) is 4.53. The molecule has 1 heterocycles. The van der Waals surface area contributed by atoms with E-state index < -0.39 is 16.2 Å². The topological polar surface area (TPSA) is 96.2 Å². The SMILES string of the molecule is O=c1[nH]c2ccc([N+](=O)[O-])cc2c(-c2ccccc2)c1O. The van der Waals surface area contributed by atoms with Crippen LogP contribution in [0.5, 0.6) is 5.75 Å². The molecule has 0 aliphatic rings. The summed E-state index contributed by atoms with van der Waals surface area (Å²) in [6.07, 6.45) is 0. The van der Waals surface area contributed by atoms with Gasteiger partial charge in [0.2, 0.25) is 0 Å². The lowest BCUT2D eigenvalue weighted by Gasteiger charge is -2.08. The van der Waals surface area contributed by atoms with E-state index in [0.29, 0.717) is 16.5 Å². The molecule has 0 radical (unpaired) electrons. The summed E-state index contributed by atoms with van der Waals surface area (Å²) in [4.78, 5) is 24.7. The molecule has 21 heavy (non-hydrogen) atoms. The fourth-order valence-corrected chi connectivity index (χ4v) is 2.28. The Kier molecular flexibility index (Phi) is 2.91. The summed E-state index contributed by atoms with van der Waals surface area (Å²) in [5.74, 6) is -0.450. The zero-order valence-corrected chi connectivity index (χ0v) is 10.7. The molecule has 6 nitrogen and oxygen atoms in total. The van der Waals surface area contributed by atoms with Crippen LogP contribution < -0.4 is 5.56 Å². The van der Waals surface area contributed by atoms with Crippen LogP contribution in [0, 0.1) is 10.1 Å². The van der Waals surface area contributed by atoms with E-state index in [4.69, 9.17) is 0 Å². The third-order valence-electron chi connectivity index (χ3n) is 3.25. The number of nitro groups is 1. The van der Waals surface area contributed by atoms with Crippen LogP contribution in [0.4, 0.5) is 5.69 Å². The van der Waals surface area contributed by atoms with Gasteiger partial charge in [-0.15, -0.1) is 0 Å². The summed E-state index contributed by atoms with van der Waals surface area (Å²) >= 11 is 0. The van der Waals surface area contributed by atoms with Crippen molar-refractivity contribution in [2.75, 3.05) is 0 Å². The molecule has 0 saturated carbocycles. The summed E-state index contributed by atoms with van der Waals surface area (Å²) < 4.78 is 0. The second kappa shape index (κ2) is 4.75. The first-order valence-electron chi connectivity index (χ1n) is 6.17. The number of nitro benzene ring substituents is 1. The van der Waals surface area contributed by atoms with E-state index in [1.807, 2.05) is 0 Å². The molecule has 0 saturated heterocycles. The van der Waals surface area contributed by atoms with Crippen molar-refractivity contribution in [3.8, 4) is 16.9 Å². The van der Waals surface area contributed by atoms with Crippen molar-refractivity contribution in [1.82, 2.24) is 4.98 Å². The monoisotopic (exact) mass is 282 g/mol. The van der Waals surface area contributed by atoms with E-state index in [1.54, 1.807) is 30.3 Å². The Hall–Kier alpha value is -3.15. The van der Waals surface area contributed by atoms with Crippen molar-refractivity contribution in [3.63, 3.8) is 0 Å². The van der Waals surface area contributed by atoms with Gasteiger partial charge in [0.25, 0.3) is 11.2 Å². The Labute approximate surface area is 118 Å². The fraction of sp³-hybridized carbons (Fsp3) is 0. The lowest BCUT2D eigenvalue weighted by atomic mass is 10.00. The number of H-pyrrole nitrogens is 1. The standard InChI is InChI=1S/C15H10N2O4/c18-14-13(9-4-2-1-3-5-9)11-8-10(17(20)21)6-7-12(11)16-15(14)19/h1-8,18H,(H,16,19). The number of benzene rings is 2. The van der Waals surface area contributed by atoms with Crippen LogP contribution in [-0.2, 0) is 0 Å². The first-order chi connectivity index (χ1) is 10.1. The first kappa shape index (κ1) is 12.9. The van der Waals surface area contributed by atoms with Crippen LogP contribution >= 0.6 is 0 Å². The minimum Gasteiger partial charge on any atom is -0.503 e. The van der Waals surface area contributed by atoms with E-state index in [2.05, 4.69) is 4.98 Å². The quantitative estimate of drug-likeness (QED) is 0.558. The lowest BCUT2D eigenvalue weighted by molar-refractivity contribution is -0.384. The normalized spacial score (nSPS) is 10.7. The number of aromatic hydroxyl groups is 1. The van der Waals surface area contributed by atoms with Gasteiger partial charge < -0.3 is 10.1 Å². The number of pyridine rings is 1. The smallest absolute Gasteiger partial charge is 0.291 e. The molecule has 2 N–H and O–H groups in total. The zero-order valence-electron chi connectivity index (χ0n) is 10.7. The Balaban J connectivity index is 2.45. The van der Waals surface area contributed by atoms with E-state index in [9.17, 15) is 20.0 Å². The molecule has 3 rings (SSSR count). The maximum absolute atomic E-state index is 11.8. The summed E-state index contributed by atoms with van der Waals surface area (Å²) in [5, 5.41) is 21.4. The molecule has 0 fully saturated rings. The van der Waals surface area contributed by atoms with Gasteiger partial charge in [-0.05, 0) is 11.6 Å². The summed E-state index contributed by atoms with van der Waals surface area (Å²) in [6.45, 7) is 0. The van der Waals surface area contributed by atoms with E-state index in [1.165, 1.54) is 18.2 Å². The van der Waals surface area contributed by atoms with Gasteiger partial charge >= 0.3 is 0 Å². The van der Waals surface area contributed by atoms with Crippen molar-refractivity contribution >= 4 is 16.6 Å². The molecule has 104 valence electrons. The molecule has 0 aliphatic heterocycles. The predicted molar refractivity (Wildman–Crippen MR) is 78.3 cm³/mol. The highest BCUT2D eigenvalue weighted by atomic mass is 16.6. The number of hydrogen-bond donors (Lipinski definition) is 2. The van der Waals surface area contributed by atoms with E-state index in [0.717, 1.165) is 0 Å². The number of nitrogens with zero attached hydrogens (tertiary/aromatic N) is 1. The van der Waals surface area contributed by atoms with E-state index >= 15 is 0 Å². The molecule has 0 bridgehead atoms. The number of hydrogen-bond acceptors (Lipinski definition) is 4. The highest BCUT2D eigenvalue weighted by Crippen LogP contribution is 2.34. The Bertz CT molecular complexity index is 901. The third-order valence-corrected chi connectivity index (χ3v) is 3.25. The number of fused-ring (bicyclic) bond motifs is 1. The molecule has 2 aromatic carbocycles. The number of non-ortho nitro benzene ring substituents is 1. The number of rotatable bonds is 2. The van der Waals surface area contributed by atoms with Gasteiger partial charge in [0.05, 0.1) is 4.92 Å². The molecular weight excluding hydrogens is 272 g/mol. The predicted octanol–water partition coefficient (Wildman–Crippen LogP) is 2.81. The average Bonchev–Trinajstić information content (AvgIpc) is 2.49. The van der Waals surface area contributed by atoms with Gasteiger partial charge in [-0.3, -0.25) is 14.9 Å². The van der Waals surface area contributed by atoms with Gasteiger partial charge in [0.15, 0.2) is 5.75 Å². The Morgan fingerprint density at radius 1 is 1.10 bits per heavy atom. The summed E-state index contributed by atoms with van der Waals surface area (Å²) in [7, 11) is 0. The number of nitrogens with one attached hydrogen (secondary N) is 1. The van der Waals surface area contributed by atoms with Crippen LogP contribution in [0.15, 0.2) is 53.3 Å². The molecule has 6 heteroatoms. The van der Waals surface area contributed by atoms with Gasteiger partial charge in [-0.1, -0.05) is 30.3 Å². The maximum Gasteiger partial charge on any atom is 0.291 e. The van der Waals surface area contributed by atoms with Crippen LogP contribution in [0.25, 0.3) is 22.0 Å². The van der Waals surface area contributed by atoms with Gasteiger partial charge in [-0.25, -0.2) is 0 Å². The second-order valence-corrected chi connectivity index (χ2v) is 4.53. The van der Waals surface area contributed by atoms with Gasteiger partial charge in [-0.2, -0.15) is 0 Å². The number of aromatic amines is 1. The summed E-state index contributed by atoms with van der Waals surface area (Å²) in [5.41, 5.74) is 0.605. The third kappa shape index (κ3) is 2.12. The molecule has 1 aromatic heterocycles. The molecule has 3 aromatic rings. The van der Waals surface area contributed by atoms with Crippen LogP contribution in [0.3, 0.4) is 0 Å². The van der Waals surface area contributed by atoms with Crippen LogP contribution in [-0.4, -0.2) is 15.0 Å². The molecular formula is C15H10N2O4. The Morgan fingerprint density at radius 3 is 2.48 bits per heavy atom. The number of aromatic nitrogens is 1. The fourth-order valence-electron chi connectivity index (χ4n) is 2.28. The zero-order chi connectivity index (χ0) is 15.0. The molecule has 0 unspecified atom stereocenters. The first-order valence-corrected chi connectivity index (χ1v) is 6.17. The van der Waals surface area contributed by atoms with Crippen molar-refractivity contribution < 1.29 is 10.0 Å². The molecule has 0 atom stereocenters. The largest absolute Gasteiger partial charge is 0.503 e. The van der Waals surface area contributed by atoms with Crippen molar-refractivity contribution in [2.24, 2.45) is 0 Å².